The average Bonchev–Trinajstić information content (AvgIpc) is 2.47. The highest BCUT2D eigenvalue weighted by Gasteiger charge is 1.98. The Morgan fingerprint density at radius 2 is 1.81 bits per heavy atom. The number of rotatable bonds is 4. The topological polar surface area (TPSA) is 41.1 Å². The standard InChI is InChI=1S/C16H14Br2N2O/c17-14-6-4-13(5-7-14)11-20-16(21)19-9-8-12-2-1-3-15(18)10-12/h1-10H,11H2,(H2,19,20,21)/b9-8+. The zero-order chi connectivity index (χ0) is 15.1. The van der Waals surface area contributed by atoms with Gasteiger partial charge in [-0.15, -0.1) is 0 Å². The zero-order valence-electron chi connectivity index (χ0n) is 11.1. The van der Waals surface area contributed by atoms with Gasteiger partial charge in [-0.05, 0) is 41.5 Å². The van der Waals surface area contributed by atoms with Gasteiger partial charge in [0.25, 0.3) is 0 Å². The number of nitrogens with one attached hydrogen (secondary N) is 2. The first kappa shape index (κ1) is 15.8. The Balaban J connectivity index is 1.78. The lowest BCUT2D eigenvalue weighted by Crippen LogP contribution is -2.31. The lowest BCUT2D eigenvalue weighted by molar-refractivity contribution is 0.244. The molecular formula is C16H14Br2N2O. The molecule has 0 radical (unpaired) electrons. The van der Waals surface area contributed by atoms with Crippen molar-refractivity contribution in [2.45, 2.75) is 6.54 Å². The molecule has 0 heterocycles. The van der Waals surface area contributed by atoms with Crippen molar-refractivity contribution in [2.24, 2.45) is 0 Å². The predicted molar refractivity (Wildman–Crippen MR) is 92.7 cm³/mol. The van der Waals surface area contributed by atoms with Crippen molar-refractivity contribution < 1.29 is 4.79 Å². The van der Waals surface area contributed by atoms with Crippen molar-refractivity contribution in [3.8, 4) is 0 Å². The van der Waals surface area contributed by atoms with Gasteiger partial charge in [0, 0.05) is 21.7 Å². The van der Waals surface area contributed by atoms with Gasteiger partial charge in [-0.1, -0.05) is 56.1 Å². The number of hydrogen-bond acceptors (Lipinski definition) is 1. The summed E-state index contributed by atoms with van der Waals surface area (Å²) >= 11 is 6.78. The number of carbonyl (C=O) groups excluding carboxylic acids is 1. The minimum absolute atomic E-state index is 0.232. The summed E-state index contributed by atoms with van der Waals surface area (Å²) in [6, 6.07) is 15.4. The van der Waals surface area contributed by atoms with Crippen LogP contribution in [0, 0.1) is 0 Å². The summed E-state index contributed by atoms with van der Waals surface area (Å²) in [5.41, 5.74) is 2.06. The van der Waals surface area contributed by atoms with Crippen molar-refractivity contribution in [3.05, 3.63) is 74.8 Å². The summed E-state index contributed by atoms with van der Waals surface area (Å²) in [5.74, 6) is 0. The fraction of sp³-hybridized carbons (Fsp3) is 0.0625. The van der Waals surface area contributed by atoms with E-state index in [-0.39, 0.29) is 6.03 Å². The normalized spacial score (nSPS) is 10.6. The first-order valence-corrected chi connectivity index (χ1v) is 7.93. The summed E-state index contributed by atoms with van der Waals surface area (Å²) in [4.78, 5) is 11.6. The Morgan fingerprint density at radius 3 is 2.52 bits per heavy atom. The van der Waals surface area contributed by atoms with Gasteiger partial charge in [0.1, 0.15) is 0 Å². The van der Waals surface area contributed by atoms with Crippen LogP contribution in [0.4, 0.5) is 4.79 Å². The van der Waals surface area contributed by atoms with Crippen LogP contribution in [-0.4, -0.2) is 6.03 Å². The molecule has 0 unspecified atom stereocenters. The van der Waals surface area contributed by atoms with Gasteiger partial charge in [0.15, 0.2) is 0 Å². The Hall–Kier alpha value is -1.59. The van der Waals surface area contributed by atoms with E-state index in [4.69, 9.17) is 0 Å². The first-order chi connectivity index (χ1) is 10.1. The van der Waals surface area contributed by atoms with Gasteiger partial charge in [0.2, 0.25) is 0 Å². The molecule has 0 atom stereocenters. The van der Waals surface area contributed by atoms with Crippen molar-refractivity contribution in [3.63, 3.8) is 0 Å². The third kappa shape index (κ3) is 5.73. The second kappa shape index (κ2) is 8.00. The molecule has 2 aromatic carbocycles. The van der Waals surface area contributed by atoms with Crippen LogP contribution in [0.25, 0.3) is 6.08 Å². The van der Waals surface area contributed by atoms with Gasteiger partial charge in [-0.2, -0.15) is 0 Å². The Morgan fingerprint density at radius 1 is 1.05 bits per heavy atom. The van der Waals surface area contributed by atoms with E-state index in [2.05, 4.69) is 42.5 Å². The van der Waals surface area contributed by atoms with Crippen LogP contribution in [0.3, 0.4) is 0 Å². The lowest BCUT2D eigenvalue weighted by Gasteiger charge is -2.05. The third-order valence-corrected chi connectivity index (χ3v) is 3.73. The van der Waals surface area contributed by atoms with Gasteiger partial charge < -0.3 is 10.6 Å². The van der Waals surface area contributed by atoms with Crippen molar-refractivity contribution in [1.82, 2.24) is 10.6 Å². The molecule has 3 nitrogen and oxygen atoms in total. The van der Waals surface area contributed by atoms with E-state index < -0.39 is 0 Å². The van der Waals surface area contributed by atoms with Gasteiger partial charge in [0.05, 0.1) is 0 Å². The van der Waals surface area contributed by atoms with E-state index >= 15 is 0 Å². The maximum absolute atomic E-state index is 11.6. The molecule has 2 aromatic rings. The second-order valence-electron chi connectivity index (χ2n) is 4.34. The summed E-state index contributed by atoms with van der Waals surface area (Å²) in [7, 11) is 0. The van der Waals surface area contributed by atoms with Crippen molar-refractivity contribution in [2.75, 3.05) is 0 Å². The number of urea groups is 1. The molecule has 0 spiro atoms. The SMILES string of the molecule is O=C(N/C=C/c1cccc(Br)c1)NCc1ccc(Br)cc1. The summed E-state index contributed by atoms with van der Waals surface area (Å²) < 4.78 is 2.02. The predicted octanol–water partition coefficient (Wildman–Crippen LogP) is 4.68. The first-order valence-electron chi connectivity index (χ1n) is 6.34. The van der Waals surface area contributed by atoms with E-state index in [0.717, 1.165) is 20.1 Å². The Bertz CT molecular complexity index is 639. The van der Waals surface area contributed by atoms with Crippen LogP contribution < -0.4 is 10.6 Å². The molecule has 108 valence electrons. The third-order valence-electron chi connectivity index (χ3n) is 2.71. The van der Waals surface area contributed by atoms with E-state index in [9.17, 15) is 4.79 Å². The fourth-order valence-corrected chi connectivity index (χ4v) is 2.34. The molecule has 2 N–H and O–H groups in total. The molecule has 0 fully saturated rings. The lowest BCUT2D eigenvalue weighted by atomic mass is 10.2. The minimum Gasteiger partial charge on any atom is -0.334 e. The Kier molecular flexibility index (Phi) is 6.02. The number of carbonyl (C=O) groups is 1. The number of halogens is 2. The maximum Gasteiger partial charge on any atom is 0.319 e. The van der Waals surface area contributed by atoms with Crippen LogP contribution >= 0.6 is 31.9 Å². The molecule has 0 saturated carbocycles. The summed E-state index contributed by atoms with van der Waals surface area (Å²) in [5, 5.41) is 5.47. The fourth-order valence-electron chi connectivity index (χ4n) is 1.66. The number of benzene rings is 2. The van der Waals surface area contributed by atoms with E-state index in [1.54, 1.807) is 6.20 Å². The van der Waals surface area contributed by atoms with Gasteiger partial charge >= 0.3 is 6.03 Å². The van der Waals surface area contributed by atoms with Gasteiger partial charge in [-0.25, -0.2) is 4.79 Å². The molecule has 0 aromatic heterocycles. The van der Waals surface area contributed by atoms with Crippen LogP contribution in [0.2, 0.25) is 0 Å². The largest absolute Gasteiger partial charge is 0.334 e. The molecule has 0 aliphatic rings. The van der Waals surface area contributed by atoms with Gasteiger partial charge in [-0.3, -0.25) is 0 Å². The molecule has 2 amide bonds. The van der Waals surface area contributed by atoms with Crippen LogP contribution in [0.15, 0.2) is 63.7 Å². The summed E-state index contributed by atoms with van der Waals surface area (Å²) in [6.45, 7) is 0.490. The maximum atomic E-state index is 11.6. The highest BCUT2D eigenvalue weighted by Crippen LogP contribution is 2.12. The molecule has 0 bridgehead atoms. The number of hydrogen-bond donors (Lipinski definition) is 2. The van der Waals surface area contributed by atoms with E-state index in [1.807, 2.05) is 54.6 Å². The van der Waals surface area contributed by atoms with E-state index in [0.29, 0.717) is 6.54 Å². The average molecular weight is 410 g/mol. The molecule has 0 aliphatic carbocycles. The molecule has 2 rings (SSSR count). The zero-order valence-corrected chi connectivity index (χ0v) is 14.3. The quantitative estimate of drug-likeness (QED) is 0.756. The highest BCUT2D eigenvalue weighted by molar-refractivity contribution is 9.10. The molecule has 0 saturated heterocycles. The van der Waals surface area contributed by atoms with Crippen LogP contribution in [-0.2, 0) is 6.54 Å². The van der Waals surface area contributed by atoms with Crippen molar-refractivity contribution in [1.29, 1.82) is 0 Å². The minimum atomic E-state index is -0.232. The molecule has 21 heavy (non-hydrogen) atoms. The summed E-state index contributed by atoms with van der Waals surface area (Å²) in [6.07, 6.45) is 3.46. The van der Waals surface area contributed by atoms with E-state index in [1.165, 1.54) is 0 Å². The smallest absolute Gasteiger partial charge is 0.319 e. The van der Waals surface area contributed by atoms with Crippen molar-refractivity contribution >= 4 is 44.0 Å². The molecular weight excluding hydrogens is 396 g/mol. The monoisotopic (exact) mass is 408 g/mol. The molecule has 0 aliphatic heterocycles. The highest BCUT2D eigenvalue weighted by atomic mass is 79.9. The number of amides is 2. The van der Waals surface area contributed by atoms with Crippen LogP contribution in [0.5, 0.6) is 0 Å². The van der Waals surface area contributed by atoms with Crippen LogP contribution in [0.1, 0.15) is 11.1 Å². The molecule has 5 heteroatoms. The second-order valence-corrected chi connectivity index (χ2v) is 6.17. The Labute approximate surface area is 140 Å².